The van der Waals surface area contributed by atoms with Gasteiger partial charge in [-0.2, -0.15) is 0 Å². The van der Waals surface area contributed by atoms with Crippen LogP contribution in [0, 0.1) is 18.8 Å². The Kier molecular flexibility index (Phi) is 5.02. The number of carbonyl (C=O) groups is 2. The van der Waals surface area contributed by atoms with E-state index in [-0.39, 0.29) is 23.7 Å². The summed E-state index contributed by atoms with van der Waals surface area (Å²) in [4.78, 5) is 24.3. The number of aromatic nitrogens is 1. The first kappa shape index (κ1) is 17.0. The maximum atomic E-state index is 12.2. The summed E-state index contributed by atoms with van der Waals surface area (Å²) in [6.07, 6.45) is 1.24. The fourth-order valence-electron chi connectivity index (χ4n) is 2.78. The van der Waals surface area contributed by atoms with E-state index in [1.54, 1.807) is 20.1 Å². The number of nitrogens with zero attached hydrogens (tertiary/aromatic N) is 1. The highest BCUT2D eigenvalue weighted by Crippen LogP contribution is 2.39. The predicted molar refractivity (Wildman–Crippen MR) is 91.2 cm³/mol. The summed E-state index contributed by atoms with van der Waals surface area (Å²) in [5.41, 5.74) is 1.04. The van der Waals surface area contributed by atoms with E-state index in [0.29, 0.717) is 31.0 Å². The highest BCUT2D eigenvalue weighted by atomic mass is 16.5. The first-order chi connectivity index (χ1) is 12.1. The van der Waals surface area contributed by atoms with E-state index in [1.807, 2.05) is 24.3 Å². The maximum Gasteiger partial charge on any atom is 0.229 e. The molecule has 1 saturated carbocycles. The number of benzene rings is 1. The van der Waals surface area contributed by atoms with Gasteiger partial charge >= 0.3 is 0 Å². The number of carbonyl (C=O) groups excluding carboxylic acids is 2. The molecular weight excluding hydrogens is 322 g/mol. The Morgan fingerprint density at radius 1 is 1.28 bits per heavy atom. The van der Waals surface area contributed by atoms with E-state index in [2.05, 4.69) is 15.8 Å². The summed E-state index contributed by atoms with van der Waals surface area (Å²) in [5, 5.41) is 9.27. The normalized spacial score (nSPS) is 18.5. The second-order valence-corrected chi connectivity index (χ2v) is 6.11. The average Bonchev–Trinajstić information content (AvgIpc) is 3.32. The van der Waals surface area contributed by atoms with Crippen LogP contribution in [0.15, 0.2) is 34.9 Å². The average molecular weight is 343 g/mol. The van der Waals surface area contributed by atoms with Crippen molar-refractivity contribution < 1.29 is 18.8 Å². The molecular formula is C18H21N3O4. The van der Waals surface area contributed by atoms with Crippen LogP contribution in [-0.4, -0.2) is 30.6 Å². The molecule has 25 heavy (non-hydrogen) atoms. The van der Waals surface area contributed by atoms with Gasteiger partial charge in [-0.05, 0) is 31.4 Å². The molecule has 1 aromatic carbocycles. The van der Waals surface area contributed by atoms with E-state index < -0.39 is 0 Å². The summed E-state index contributed by atoms with van der Waals surface area (Å²) >= 11 is 0. The Balaban J connectivity index is 1.43. The predicted octanol–water partition coefficient (Wildman–Crippen LogP) is 1.93. The fraction of sp³-hybridized carbons (Fsp3) is 0.389. The van der Waals surface area contributed by atoms with E-state index in [1.165, 1.54) is 0 Å². The van der Waals surface area contributed by atoms with Gasteiger partial charge in [-0.15, -0.1) is 0 Å². The lowest BCUT2D eigenvalue weighted by molar-refractivity contribution is -0.125. The SMILES string of the molecule is COc1ccccc1CCNC(=O)C1CC1C(=O)Nc1cc(C)on1. The van der Waals surface area contributed by atoms with E-state index in [4.69, 9.17) is 9.26 Å². The molecule has 0 aliphatic heterocycles. The van der Waals surface area contributed by atoms with Crippen molar-refractivity contribution in [3.63, 3.8) is 0 Å². The number of hydrogen-bond donors (Lipinski definition) is 2. The molecule has 0 radical (unpaired) electrons. The largest absolute Gasteiger partial charge is 0.496 e. The summed E-state index contributed by atoms with van der Waals surface area (Å²) in [5.74, 6) is 0.947. The van der Waals surface area contributed by atoms with Crippen molar-refractivity contribution in [1.29, 1.82) is 0 Å². The number of aryl methyl sites for hydroxylation is 1. The topological polar surface area (TPSA) is 93.5 Å². The number of amides is 2. The molecule has 0 saturated heterocycles. The van der Waals surface area contributed by atoms with Gasteiger partial charge in [-0.1, -0.05) is 23.4 Å². The van der Waals surface area contributed by atoms with Crippen molar-refractivity contribution in [1.82, 2.24) is 10.5 Å². The standard InChI is InChI=1S/C18H21N3O4/c1-11-9-16(21-25-11)20-18(23)14-10-13(14)17(22)19-8-7-12-5-3-4-6-15(12)24-2/h3-6,9,13-14H,7-8,10H2,1-2H3,(H,19,22)(H,20,21,23). The van der Waals surface area contributed by atoms with Crippen molar-refractivity contribution in [2.75, 3.05) is 19.0 Å². The Hall–Kier alpha value is -2.83. The third kappa shape index (κ3) is 4.17. The van der Waals surface area contributed by atoms with Crippen LogP contribution in [-0.2, 0) is 16.0 Å². The van der Waals surface area contributed by atoms with Crippen molar-refractivity contribution in [2.45, 2.75) is 19.8 Å². The number of ether oxygens (including phenoxy) is 1. The van der Waals surface area contributed by atoms with E-state index in [0.717, 1.165) is 11.3 Å². The summed E-state index contributed by atoms with van der Waals surface area (Å²) in [6, 6.07) is 9.35. The van der Waals surface area contributed by atoms with Gasteiger partial charge < -0.3 is 19.9 Å². The molecule has 0 bridgehead atoms. The van der Waals surface area contributed by atoms with Gasteiger partial charge in [-0.25, -0.2) is 0 Å². The molecule has 2 N–H and O–H groups in total. The molecule has 2 atom stereocenters. The number of hydrogen-bond acceptors (Lipinski definition) is 5. The van der Waals surface area contributed by atoms with Crippen molar-refractivity contribution in [3.8, 4) is 5.75 Å². The zero-order valence-corrected chi connectivity index (χ0v) is 14.2. The van der Waals surface area contributed by atoms with Crippen LogP contribution in [0.25, 0.3) is 0 Å². The van der Waals surface area contributed by atoms with Gasteiger partial charge in [0.2, 0.25) is 11.8 Å². The van der Waals surface area contributed by atoms with E-state index in [9.17, 15) is 9.59 Å². The lowest BCUT2D eigenvalue weighted by Gasteiger charge is -2.09. The monoisotopic (exact) mass is 343 g/mol. The molecule has 1 aliphatic rings. The van der Waals surface area contributed by atoms with Crippen molar-refractivity contribution in [2.24, 2.45) is 11.8 Å². The molecule has 7 nitrogen and oxygen atoms in total. The van der Waals surface area contributed by atoms with Crippen LogP contribution in [0.3, 0.4) is 0 Å². The van der Waals surface area contributed by atoms with Crippen molar-refractivity contribution >= 4 is 17.6 Å². The number of rotatable bonds is 7. The molecule has 1 fully saturated rings. The Bertz CT molecular complexity index is 771. The van der Waals surface area contributed by atoms with Gasteiger partial charge in [0.1, 0.15) is 11.5 Å². The molecule has 3 rings (SSSR count). The van der Waals surface area contributed by atoms with E-state index >= 15 is 0 Å². The minimum Gasteiger partial charge on any atom is -0.496 e. The fourth-order valence-corrected chi connectivity index (χ4v) is 2.78. The molecule has 2 amide bonds. The lowest BCUT2D eigenvalue weighted by Crippen LogP contribution is -2.29. The first-order valence-electron chi connectivity index (χ1n) is 8.22. The number of methoxy groups -OCH3 is 1. The van der Waals surface area contributed by atoms with Gasteiger partial charge in [0.05, 0.1) is 18.9 Å². The van der Waals surface area contributed by atoms with Crippen LogP contribution in [0.2, 0.25) is 0 Å². The second kappa shape index (κ2) is 7.38. The summed E-state index contributed by atoms with van der Waals surface area (Å²) in [6.45, 7) is 2.25. The minimum absolute atomic E-state index is 0.0913. The van der Waals surface area contributed by atoms with Crippen molar-refractivity contribution in [3.05, 3.63) is 41.7 Å². The van der Waals surface area contributed by atoms with Crippen LogP contribution >= 0.6 is 0 Å². The molecule has 7 heteroatoms. The zero-order valence-electron chi connectivity index (χ0n) is 14.2. The van der Waals surface area contributed by atoms with Gasteiger partial charge in [0.25, 0.3) is 0 Å². The number of anilines is 1. The summed E-state index contributed by atoms with van der Waals surface area (Å²) < 4.78 is 10.2. The quantitative estimate of drug-likeness (QED) is 0.801. The Morgan fingerprint density at radius 3 is 2.76 bits per heavy atom. The molecule has 1 heterocycles. The first-order valence-corrected chi connectivity index (χ1v) is 8.22. The van der Waals surface area contributed by atoms with Crippen LogP contribution in [0.4, 0.5) is 5.82 Å². The molecule has 1 aromatic heterocycles. The number of para-hydroxylation sites is 1. The van der Waals surface area contributed by atoms with Gasteiger partial charge in [-0.3, -0.25) is 9.59 Å². The molecule has 0 spiro atoms. The summed E-state index contributed by atoms with van der Waals surface area (Å²) in [7, 11) is 1.63. The van der Waals surface area contributed by atoms with Gasteiger partial charge in [0, 0.05) is 12.6 Å². The zero-order chi connectivity index (χ0) is 17.8. The molecule has 132 valence electrons. The lowest BCUT2D eigenvalue weighted by atomic mass is 10.1. The third-order valence-corrected chi connectivity index (χ3v) is 4.23. The molecule has 2 aromatic rings. The molecule has 2 unspecified atom stereocenters. The molecule has 1 aliphatic carbocycles. The maximum absolute atomic E-state index is 12.2. The number of nitrogens with one attached hydrogen (secondary N) is 2. The Morgan fingerprint density at radius 2 is 2.04 bits per heavy atom. The highest BCUT2D eigenvalue weighted by molar-refractivity contribution is 5.99. The van der Waals surface area contributed by atoms with Crippen LogP contribution in [0.5, 0.6) is 5.75 Å². The second-order valence-electron chi connectivity index (χ2n) is 6.11. The Labute approximate surface area is 145 Å². The smallest absolute Gasteiger partial charge is 0.229 e. The van der Waals surface area contributed by atoms with Crippen LogP contribution < -0.4 is 15.4 Å². The van der Waals surface area contributed by atoms with Crippen LogP contribution in [0.1, 0.15) is 17.7 Å². The van der Waals surface area contributed by atoms with Gasteiger partial charge in [0.15, 0.2) is 5.82 Å². The third-order valence-electron chi connectivity index (χ3n) is 4.23. The minimum atomic E-state index is -0.303. The highest BCUT2D eigenvalue weighted by Gasteiger charge is 2.48.